The van der Waals surface area contributed by atoms with Gasteiger partial charge < -0.3 is 10.1 Å². The number of benzene rings is 1. The lowest BCUT2D eigenvalue weighted by Crippen LogP contribution is -2.37. The van der Waals surface area contributed by atoms with Crippen LogP contribution in [-0.4, -0.2) is 18.7 Å². The Labute approximate surface area is 99.0 Å². The summed E-state index contributed by atoms with van der Waals surface area (Å²) in [6, 6.07) is 8.26. The van der Waals surface area contributed by atoms with E-state index in [1.807, 2.05) is 19.1 Å². The quantitative estimate of drug-likeness (QED) is 0.825. The molecule has 2 nitrogen and oxygen atoms in total. The number of para-hydroxylation sites is 1. The molecular formula is C14H23NO. The molecule has 1 aromatic carbocycles. The second-order valence-corrected chi connectivity index (χ2v) is 4.97. The van der Waals surface area contributed by atoms with E-state index in [9.17, 15) is 0 Å². The molecule has 1 rings (SSSR count). The van der Waals surface area contributed by atoms with Crippen molar-refractivity contribution in [2.24, 2.45) is 0 Å². The van der Waals surface area contributed by atoms with Crippen molar-refractivity contribution in [1.29, 1.82) is 0 Å². The molecule has 0 amide bonds. The highest BCUT2D eigenvalue weighted by molar-refractivity contribution is 5.33. The molecule has 0 aliphatic rings. The van der Waals surface area contributed by atoms with E-state index < -0.39 is 0 Å². The molecule has 0 aliphatic carbocycles. The largest absolute Gasteiger partial charge is 0.494 e. The van der Waals surface area contributed by atoms with Crippen LogP contribution in [0.25, 0.3) is 0 Å². The van der Waals surface area contributed by atoms with Gasteiger partial charge in [-0.25, -0.2) is 0 Å². The third kappa shape index (κ3) is 4.67. The Bertz CT molecular complexity index is 315. The number of hydrogen-bond donors (Lipinski definition) is 1. The zero-order chi connectivity index (χ0) is 12.0. The van der Waals surface area contributed by atoms with E-state index in [-0.39, 0.29) is 5.54 Å². The van der Waals surface area contributed by atoms with Crippen LogP contribution in [0.5, 0.6) is 5.75 Å². The van der Waals surface area contributed by atoms with E-state index in [0.29, 0.717) is 0 Å². The van der Waals surface area contributed by atoms with E-state index in [2.05, 4.69) is 38.2 Å². The zero-order valence-electron chi connectivity index (χ0n) is 10.8. The van der Waals surface area contributed by atoms with Crippen LogP contribution in [0.4, 0.5) is 0 Å². The normalized spacial score (nSPS) is 11.5. The summed E-state index contributed by atoms with van der Waals surface area (Å²) in [6.45, 7) is 10.3. The Morgan fingerprint density at radius 3 is 2.50 bits per heavy atom. The van der Waals surface area contributed by atoms with Gasteiger partial charge in [-0.15, -0.1) is 0 Å². The van der Waals surface area contributed by atoms with E-state index in [4.69, 9.17) is 4.74 Å². The molecule has 0 unspecified atom stereocenters. The van der Waals surface area contributed by atoms with Crippen LogP contribution >= 0.6 is 0 Å². The van der Waals surface area contributed by atoms with E-state index >= 15 is 0 Å². The fourth-order valence-corrected chi connectivity index (χ4v) is 1.58. The molecule has 0 heterocycles. The highest BCUT2D eigenvalue weighted by Crippen LogP contribution is 2.18. The molecular weight excluding hydrogens is 198 g/mol. The predicted octanol–water partition coefficient (Wildman–Crippen LogP) is 3.02. The Kier molecular flexibility index (Phi) is 4.81. The van der Waals surface area contributed by atoms with Gasteiger partial charge >= 0.3 is 0 Å². The molecule has 2 heteroatoms. The van der Waals surface area contributed by atoms with Crippen molar-refractivity contribution in [2.75, 3.05) is 13.2 Å². The summed E-state index contributed by atoms with van der Waals surface area (Å²) in [5.41, 5.74) is 1.46. The van der Waals surface area contributed by atoms with Gasteiger partial charge in [0.25, 0.3) is 0 Å². The average Bonchev–Trinajstić information content (AvgIpc) is 2.19. The summed E-state index contributed by atoms with van der Waals surface area (Å²) in [4.78, 5) is 0. The van der Waals surface area contributed by atoms with Crippen LogP contribution in [0.1, 0.15) is 33.3 Å². The molecule has 0 fully saturated rings. The molecule has 1 aromatic rings. The van der Waals surface area contributed by atoms with Gasteiger partial charge in [0.15, 0.2) is 0 Å². The van der Waals surface area contributed by atoms with Crippen molar-refractivity contribution in [3.05, 3.63) is 29.8 Å². The first kappa shape index (κ1) is 13.0. The third-order valence-corrected chi connectivity index (χ3v) is 2.32. The Balaban J connectivity index is 2.52. The van der Waals surface area contributed by atoms with Gasteiger partial charge in [0.05, 0.1) is 6.61 Å². The molecule has 0 saturated carbocycles. The van der Waals surface area contributed by atoms with Crippen LogP contribution in [0, 0.1) is 0 Å². The summed E-state index contributed by atoms with van der Waals surface area (Å²) in [7, 11) is 0. The second kappa shape index (κ2) is 5.90. The van der Waals surface area contributed by atoms with E-state index in [1.54, 1.807) is 0 Å². The maximum absolute atomic E-state index is 5.59. The average molecular weight is 221 g/mol. The minimum absolute atomic E-state index is 0.181. The topological polar surface area (TPSA) is 21.3 Å². The SMILES string of the molecule is CCOc1ccccc1CCNC(C)(C)C. The van der Waals surface area contributed by atoms with Crippen LogP contribution in [0.15, 0.2) is 24.3 Å². The van der Waals surface area contributed by atoms with Gasteiger partial charge in [0.1, 0.15) is 5.75 Å². The summed E-state index contributed by atoms with van der Waals surface area (Å²) < 4.78 is 5.59. The predicted molar refractivity (Wildman–Crippen MR) is 69.1 cm³/mol. The minimum atomic E-state index is 0.181. The lowest BCUT2D eigenvalue weighted by molar-refractivity contribution is 0.335. The molecule has 0 saturated heterocycles. The molecule has 90 valence electrons. The maximum atomic E-state index is 5.59. The number of ether oxygens (including phenoxy) is 1. The van der Waals surface area contributed by atoms with Crippen molar-refractivity contribution in [1.82, 2.24) is 5.32 Å². The van der Waals surface area contributed by atoms with Crippen LogP contribution in [0.3, 0.4) is 0 Å². The number of hydrogen-bond acceptors (Lipinski definition) is 2. The van der Waals surface area contributed by atoms with E-state index in [1.165, 1.54) is 5.56 Å². The molecule has 0 aliphatic heterocycles. The fourth-order valence-electron chi connectivity index (χ4n) is 1.58. The van der Waals surface area contributed by atoms with Gasteiger partial charge in [-0.1, -0.05) is 18.2 Å². The molecule has 1 N–H and O–H groups in total. The molecule has 0 atom stereocenters. The third-order valence-electron chi connectivity index (χ3n) is 2.32. The summed E-state index contributed by atoms with van der Waals surface area (Å²) in [5, 5.41) is 3.48. The van der Waals surface area contributed by atoms with Crippen molar-refractivity contribution in [2.45, 2.75) is 39.7 Å². The van der Waals surface area contributed by atoms with Crippen molar-refractivity contribution in [3.8, 4) is 5.75 Å². The van der Waals surface area contributed by atoms with Gasteiger partial charge in [-0.3, -0.25) is 0 Å². The lowest BCUT2D eigenvalue weighted by Gasteiger charge is -2.20. The smallest absolute Gasteiger partial charge is 0.122 e. The maximum Gasteiger partial charge on any atom is 0.122 e. The lowest BCUT2D eigenvalue weighted by atomic mass is 10.1. The first-order valence-corrected chi connectivity index (χ1v) is 5.98. The molecule has 0 radical (unpaired) electrons. The van der Waals surface area contributed by atoms with Crippen molar-refractivity contribution < 1.29 is 4.74 Å². The monoisotopic (exact) mass is 221 g/mol. The first-order valence-electron chi connectivity index (χ1n) is 5.98. The molecule has 16 heavy (non-hydrogen) atoms. The summed E-state index contributed by atoms with van der Waals surface area (Å²) in [6.07, 6.45) is 1.01. The Hall–Kier alpha value is -1.02. The summed E-state index contributed by atoms with van der Waals surface area (Å²) >= 11 is 0. The number of rotatable bonds is 5. The molecule has 0 spiro atoms. The number of nitrogens with one attached hydrogen (secondary N) is 1. The Morgan fingerprint density at radius 1 is 1.19 bits per heavy atom. The van der Waals surface area contributed by atoms with Crippen molar-refractivity contribution >= 4 is 0 Å². The standard InChI is InChI=1S/C14H23NO/c1-5-16-13-9-7-6-8-12(13)10-11-15-14(2,3)4/h6-9,15H,5,10-11H2,1-4H3. The fraction of sp³-hybridized carbons (Fsp3) is 0.571. The van der Waals surface area contributed by atoms with E-state index in [0.717, 1.165) is 25.3 Å². The second-order valence-electron chi connectivity index (χ2n) is 4.97. The van der Waals surface area contributed by atoms with Gasteiger partial charge in [0.2, 0.25) is 0 Å². The van der Waals surface area contributed by atoms with Gasteiger partial charge in [-0.05, 0) is 52.3 Å². The highest BCUT2D eigenvalue weighted by Gasteiger charge is 2.08. The van der Waals surface area contributed by atoms with Crippen LogP contribution < -0.4 is 10.1 Å². The highest BCUT2D eigenvalue weighted by atomic mass is 16.5. The molecule has 0 aromatic heterocycles. The van der Waals surface area contributed by atoms with Crippen LogP contribution in [-0.2, 0) is 6.42 Å². The first-order chi connectivity index (χ1) is 7.53. The van der Waals surface area contributed by atoms with Gasteiger partial charge in [0, 0.05) is 5.54 Å². The zero-order valence-corrected chi connectivity index (χ0v) is 10.8. The summed E-state index contributed by atoms with van der Waals surface area (Å²) in [5.74, 6) is 1.01. The van der Waals surface area contributed by atoms with Crippen LogP contribution in [0.2, 0.25) is 0 Å². The van der Waals surface area contributed by atoms with Gasteiger partial charge in [-0.2, -0.15) is 0 Å². The van der Waals surface area contributed by atoms with Crippen molar-refractivity contribution in [3.63, 3.8) is 0 Å². The molecule has 0 bridgehead atoms. The Morgan fingerprint density at radius 2 is 1.88 bits per heavy atom. The minimum Gasteiger partial charge on any atom is -0.494 e.